The van der Waals surface area contributed by atoms with E-state index >= 15 is 0 Å². The number of esters is 1. The third kappa shape index (κ3) is 6.94. The molecule has 4 nitrogen and oxygen atoms in total. The second-order valence-electron chi connectivity index (χ2n) is 7.47. The van der Waals surface area contributed by atoms with Crippen LogP contribution in [0, 0.1) is 11.8 Å². The summed E-state index contributed by atoms with van der Waals surface area (Å²) in [6.45, 7) is 4.70. The summed E-state index contributed by atoms with van der Waals surface area (Å²) in [5.41, 5.74) is 1.49. The SMILES string of the molecule is CCOC(C)OCC(CC#CC(=O)Oc1ccc(Cl)cc1)(c1ccccc1)c1ccccc1. The Hall–Kier alpha value is -3.10. The number of ether oxygens (including phenoxy) is 3. The number of rotatable bonds is 9. The zero-order chi connectivity index (χ0) is 23.5. The van der Waals surface area contributed by atoms with Gasteiger partial charge >= 0.3 is 5.97 Å². The van der Waals surface area contributed by atoms with Crippen molar-refractivity contribution in [1.82, 2.24) is 0 Å². The summed E-state index contributed by atoms with van der Waals surface area (Å²) in [7, 11) is 0. The second kappa shape index (κ2) is 12.2. The third-order valence-corrected chi connectivity index (χ3v) is 5.48. The van der Waals surface area contributed by atoms with E-state index in [2.05, 4.69) is 36.1 Å². The maximum Gasteiger partial charge on any atom is 0.389 e. The van der Waals surface area contributed by atoms with Gasteiger partial charge in [-0.25, -0.2) is 4.79 Å². The molecular formula is C28H27ClO4. The van der Waals surface area contributed by atoms with E-state index in [1.165, 1.54) is 0 Å². The molecule has 0 fully saturated rings. The topological polar surface area (TPSA) is 44.8 Å². The molecule has 3 rings (SSSR count). The Balaban J connectivity index is 1.90. The Labute approximate surface area is 200 Å². The minimum atomic E-state index is -0.629. The van der Waals surface area contributed by atoms with Crippen LogP contribution in [0.1, 0.15) is 31.4 Å². The molecule has 0 aliphatic rings. The monoisotopic (exact) mass is 462 g/mol. The second-order valence-corrected chi connectivity index (χ2v) is 7.91. The molecule has 0 aliphatic carbocycles. The third-order valence-electron chi connectivity index (χ3n) is 5.22. The van der Waals surface area contributed by atoms with Gasteiger partial charge in [-0.1, -0.05) is 78.2 Å². The molecule has 0 bridgehead atoms. The van der Waals surface area contributed by atoms with Gasteiger partial charge in [0.2, 0.25) is 0 Å². The highest BCUT2D eigenvalue weighted by atomic mass is 35.5. The molecule has 33 heavy (non-hydrogen) atoms. The van der Waals surface area contributed by atoms with Crippen molar-refractivity contribution in [2.45, 2.75) is 32.0 Å². The highest BCUT2D eigenvalue weighted by Gasteiger charge is 2.34. The van der Waals surface area contributed by atoms with Crippen LogP contribution in [0.4, 0.5) is 0 Å². The standard InChI is InChI=1S/C28H27ClO4/c1-3-31-22(2)32-21-28(23-11-6-4-7-12-23,24-13-8-5-9-14-24)20-10-15-27(30)33-26-18-16-25(29)17-19-26/h4-9,11-14,16-19,22H,3,20-21H2,1-2H3. The van der Waals surface area contributed by atoms with Crippen LogP contribution >= 0.6 is 11.6 Å². The summed E-state index contributed by atoms with van der Waals surface area (Å²) in [6.07, 6.45) is -0.0140. The van der Waals surface area contributed by atoms with Crippen molar-refractivity contribution in [3.8, 4) is 17.6 Å². The van der Waals surface area contributed by atoms with Crippen molar-refractivity contribution in [3.05, 3.63) is 101 Å². The van der Waals surface area contributed by atoms with E-state index in [-0.39, 0.29) is 6.29 Å². The average Bonchev–Trinajstić information content (AvgIpc) is 2.84. The lowest BCUT2D eigenvalue weighted by molar-refractivity contribution is -0.135. The van der Waals surface area contributed by atoms with Crippen molar-refractivity contribution in [3.63, 3.8) is 0 Å². The van der Waals surface area contributed by atoms with E-state index in [9.17, 15) is 4.79 Å². The lowest BCUT2D eigenvalue weighted by Crippen LogP contribution is -2.35. The summed E-state index contributed by atoms with van der Waals surface area (Å²) >= 11 is 5.88. The van der Waals surface area contributed by atoms with Crippen LogP contribution in [0.5, 0.6) is 5.75 Å². The molecule has 0 aromatic heterocycles. The molecule has 0 saturated carbocycles. The maximum atomic E-state index is 12.3. The summed E-state index contributed by atoms with van der Waals surface area (Å²) < 4.78 is 17.0. The first-order valence-electron chi connectivity index (χ1n) is 10.8. The zero-order valence-corrected chi connectivity index (χ0v) is 19.5. The fourth-order valence-corrected chi connectivity index (χ4v) is 3.67. The van der Waals surface area contributed by atoms with E-state index in [1.807, 2.05) is 50.2 Å². The highest BCUT2D eigenvalue weighted by Crippen LogP contribution is 2.36. The molecule has 0 amide bonds. The summed E-state index contributed by atoms with van der Waals surface area (Å²) in [5.74, 6) is 5.43. The predicted molar refractivity (Wildman–Crippen MR) is 130 cm³/mol. The van der Waals surface area contributed by atoms with Crippen LogP contribution in [-0.2, 0) is 19.7 Å². The minimum absolute atomic E-state index is 0.336. The first-order valence-corrected chi connectivity index (χ1v) is 11.2. The molecular weight excluding hydrogens is 436 g/mol. The molecule has 3 aromatic carbocycles. The van der Waals surface area contributed by atoms with Gasteiger partial charge < -0.3 is 14.2 Å². The molecule has 0 saturated heterocycles. The van der Waals surface area contributed by atoms with Crippen molar-refractivity contribution < 1.29 is 19.0 Å². The summed E-state index contributed by atoms with van der Waals surface area (Å²) in [4.78, 5) is 12.3. The first kappa shape index (κ1) is 24.5. The number of carbonyl (C=O) groups is 1. The molecule has 5 heteroatoms. The van der Waals surface area contributed by atoms with Crippen LogP contribution in [0.3, 0.4) is 0 Å². The Kier molecular flexibility index (Phi) is 9.09. The Morgan fingerprint density at radius 2 is 1.48 bits per heavy atom. The molecule has 1 unspecified atom stereocenters. The lowest BCUT2D eigenvalue weighted by atomic mass is 9.72. The normalized spacial score (nSPS) is 11.8. The van der Waals surface area contributed by atoms with Gasteiger partial charge in [-0.15, -0.1) is 0 Å². The number of benzene rings is 3. The molecule has 0 radical (unpaired) electrons. The van der Waals surface area contributed by atoms with E-state index in [0.717, 1.165) is 11.1 Å². The number of carbonyl (C=O) groups excluding carboxylic acids is 1. The van der Waals surface area contributed by atoms with Crippen molar-refractivity contribution >= 4 is 17.6 Å². The predicted octanol–water partition coefficient (Wildman–Crippen LogP) is 6.02. The van der Waals surface area contributed by atoms with Crippen LogP contribution in [-0.4, -0.2) is 25.5 Å². The number of hydrogen-bond donors (Lipinski definition) is 0. The number of halogens is 1. The Morgan fingerprint density at radius 1 is 0.909 bits per heavy atom. The van der Waals surface area contributed by atoms with Gasteiger partial charge in [0.15, 0.2) is 6.29 Å². The smallest absolute Gasteiger partial charge is 0.389 e. The molecule has 0 aliphatic heterocycles. The van der Waals surface area contributed by atoms with Gasteiger partial charge in [0.25, 0.3) is 0 Å². The zero-order valence-electron chi connectivity index (χ0n) is 18.8. The molecule has 0 heterocycles. The average molecular weight is 463 g/mol. The van der Waals surface area contributed by atoms with Gasteiger partial charge in [0.1, 0.15) is 5.75 Å². The summed E-state index contributed by atoms with van der Waals surface area (Å²) in [5, 5.41) is 0.567. The van der Waals surface area contributed by atoms with E-state index in [0.29, 0.717) is 30.4 Å². The minimum Gasteiger partial charge on any atom is -0.417 e. The van der Waals surface area contributed by atoms with Crippen molar-refractivity contribution in [2.24, 2.45) is 0 Å². The molecule has 1 atom stereocenters. The van der Waals surface area contributed by atoms with Gasteiger partial charge in [0.05, 0.1) is 12.0 Å². The summed E-state index contributed by atoms with van der Waals surface area (Å²) in [6, 6.07) is 26.7. The van der Waals surface area contributed by atoms with Crippen LogP contribution in [0.25, 0.3) is 0 Å². The maximum absolute atomic E-state index is 12.3. The quantitative estimate of drug-likeness (QED) is 0.128. The Bertz CT molecular complexity index is 1030. The van der Waals surface area contributed by atoms with E-state index < -0.39 is 11.4 Å². The lowest BCUT2D eigenvalue weighted by Gasteiger charge is -2.34. The Morgan fingerprint density at radius 3 is 2.03 bits per heavy atom. The van der Waals surface area contributed by atoms with Crippen LogP contribution < -0.4 is 4.74 Å². The van der Waals surface area contributed by atoms with E-state index in [4.69, 9.17) is 25.8 Å². The molecule has 3 aromatic rings. The fourth-order valence-electron chi connectivity index (χ4n) is 3.55. The fraction of sp³-hybridized carbons (Fsp3) is 0.250. The largest absolute Gasteiger partial charge is 0.417 e. The number of hydrogen-bond acceptors (Lipinski definition) is 4. The van der Waals surface area contributed by atoms with Crippen LogP contribution in [0.2, 0.25) is 5.02 Å². The first-order chi connectivity index (χ1) is 16.0. The van der Waals surface area contributed by atoms with Crippen molar-refractivity contribution in [2.75, 3.05) is 13.2 Å². The molecule has 170 valence electrons. The van der Waals surface area contributed by atoms with Gasteiger partial charge in [0, 0.05) is 24.0 Å². The van der Waals surface area contributed by atoms with Crippen molar-refractivity contribution in [1.29, 1.82) is 0 Å². The molecule has 0 N–H and O–H groups in total. The van der Waals surface area contributed by atoms with E-state index in [1.54, 1.807) is 24.3 Å². The van der Waals surface area contributed by atoms with Gasteiger partial charge in [-0.05, 0) is 49.2 Å². The molecule has 0 spiro atoms. The van der Waals surface area contributed by atoms with Crippen LogP contribution in [0.15, 0.2) is 84.9 Å². The van der Waals surface area contributed by atoms with Gasteiger partial charge in [-0.2, -0.15) is 0 Å². The van der Waals surface area contributed by atoms with Gasteiger partial charge in [-0.3, -0.25) is 0 Å². The highest BCUT2D eigenvalue weighted by molar-refractivity contribution is 6.30.